The van der Waals surface area contributed by atoms with Crippen molar-refractivity contribution in [3.05, 3.63) is 64.0 Å². The fourth-order valence-corrected chi connectivity index (χ4v) is 3.96. The van der Waals surface area contributed by atoms with E-state index in [0.717, 1.165) is 21.6 Å². The molecule has 2 atom stereocenters. The van der Waals surface area contributed by atoms with Crippen molar-refractivity contribution >= 4 is 29.1 Å². The molecule has 5 rings (SSSR count). The number of hydrogen-bond donors (Lipinski definition) is 0. The Morgan fingerprint density at radius 2 is 1.78 bits per heavy atom. The third-order valence-electron chi connectivity index (χ3n) is 5.80. The van der Waals surface area contributed by atoms with Crippen LogP contribution in [0.25, 0.3) is 11.4 Å². The van der Waals surface area contributed by atoms with Crippen LogP contribution in [0.4, 0.5) is 5.69 Å². The Hall–Kier alpha value is -3.59. The molecule has 0 unspecified atom stereocenters. The van der Waals surface area contributed by atoms with Gasteiger partial charge in [0, 0.05) is 10.6 Å². The monoisotopic (exact) mass is 450 g/mol. The lowest BCUT2D eigenvalue weighted by Gasteiger charge is -2.19. The third kappa shape index (κ3) is 3.25. The Balaban J connectivity index is 1.37. The van der Waals surface area contributed by atoms with E-state index in [9.17, 15) is 9.59 Å². The number of benzene rings is 2. The Bertz CT molecular complexity index is 1290. The quantitative estimate of drug-likeness (QED) is 0.560. The van der Waals surface area contributed by atoms with Gasteiger partial charge in [-0.05, 0) is 55.7 Å². The van der Waals surface area contributed by atoms with Crippen molar-refractivity contribution in [2.75, 3.05) is 4.90 Å². The first-order valence-electron chi connectivity index (χ1n) is 10.0. The molecule has 10 heteroatoms. The molecule has 1 saturated heterocycles. The second-order valence-corrected chi connectivity index (χ2v) is 8.36. The molecule has 1 aromatic heterocycles. The molecule has 2 amide bonds. The van der Waals surface area contributed by atoms with Crippen LogP contribution in [0, 0.1) is 20.8 Å². The second kappa shape index (κ2) is 7.52. The summed E-state index contributed by atoms with van der Waals surface area (Å²) >= 11 is 6.19. The summed E-state index contributed by atoms with van der Waals surface area (Å²) in [5, 5.41) is 14.0. The normalized spacial score (nSPS) is 19.9. The van der Waals surface area contributed by atoms with Crippen LogP contribution in [-0.4, -0.2) is 39.0 Å². The highest BCUT2D eigenvalue weighted by Crippen LogP contribution is 2.34. The van der Waals surface area contributed by atoms with Gasteiger partial charge in [0.1, 0.15) is 6.54 Å². The number of amides is 2. The lowest BCUT2D eigenvalue weighted by atomic mass is 10.1. The number of hydrogen-bond acceptors (Lipinski definition) is 8. The molecule has 0 spiro atoms. The molecule has 0 radical (unpaired) electrons. The number of fused-ring (bicyclic) bond motifs is 1. The first kappa shape index (κ1) is 20.3. The molecule has 0 aliphatic carbocycles. The van der Waals surface area contributed by atoms with E-state index >= 15 is 0 Å². The predicted molar refractivity (Wildman–Crippen MR) is 116 cm³/mol. The minimum absolute atomic E-state index is 0.0595. The van der Waals surface area contributed by atoms with Crippen LogP contribution in [0.5, 0.6) is 0 Å². The van der Waals surface area contributed by atoms with E-state index in [1.807, 2.05) is 39.0 Å². The van der Waals surface area contributed by atoms with E-state index in [4.69, 9.17) is 16.1 Å². The van der Waals surface area contributed by atoms with Crippen molar-refractivity contribution < 1.29 is 14.1 Å². The first-order chi connectivity index (χ1) is 15.3. The maximum atomic E-state index is 13.1. The van der Waals surface area contributed by atoms with Gasteiger partial charge in [0.2, 0.25) is 11.7 Å². The highest BCUT2D eigenvalue weighted by molar-refractivity contribution is 6.32. The summed E-state index contributed by atoms with van der Waals surface area (Å²) in [5.74, 6) is -0.137. The fraction of sp³-hybridized carbons (Fsp3) is 0.273. The topological polar surface area (TPSA) is 104 Å². The average Bonchev–Trinajstić information content (AvgIpc) is 3.45. The van der Waals surface area contributed by atoms with Crippen LogP contribution in [0.1, 0.15) is 22.6 Å². The number of carbonyl (C=O) groups excluding carboxylic acids is 2. The molecule has 2 aliphatic heterocycles. The van der Waals surface area contributed by atoms with Crippen LogP contribution in [0.3, 0.4) is 0 Å². The molecule has 1 fully saturated rings. The van der Waals surface area contributed by atoms with Crippen molar-refractivity contribution in [2.45, 2.75) is 39.4 Å². The smallest absolute Gasteiger partial charge is 0.263 e. The Kier molecular flexibility index (Phi) is 4.78. The van der Waals surface area contributed by atoms with E-state index in [-0.39, 0.29) is 12.4 Å². The number of halogens is 1. The lowest BCUT2D eigenvalue weighted by molar-refractivity contribution is -0.123. The van der Waals surface area contributed by atoms with E-state index < -0.39 is 23.9 Å². The van der Waals surface area contributed by atoms with Gasteiger partial charge >= 0.3 is 0 Å². The van der Waals surface area contributed by atoms with E-state index in [1.54, 1.807) is 18.2 Å². The number of rotatable bonds is 4. The van der Waals surface area contributed by atoms with Crippen molar-refractivity contribution in [2.24, 2.45) is 10.3 Å². The number of carbonyl (C=O) groups is 2. The lowest BCUT2D eigenvalue weighted by Crippen LogP contribution is -2.39. The van der Waals surface area contributed by atoms with Crippen LogP contribution in [0.2, 0.25) is 5.02 Å². The van der Waals surface area contributed by atoms with Crippen LogP contribution >= 0.6 is 11.6 Å². The van der Waals surface area contributed by atoms with Crippen molar-refractivity contribution in [3.63, 3.8) is 0 Å². The Morgan fingerprint density at radius 1 is 1.00 bits per heavy atom. The van der Waals surface area contributed by atoms with E-state index in [0.29, 0.717) is 16.5 Å². The number of anilines is 1. The minimum atomic E-state index is -0.912. The zero-order valence-corrected chi connectivity index (χ0v) is 18.4. The molecule has 9 nitrogen and oxygen atoms in total. The maximum absolute atomic E-state index is 13.1. The summed E-state index contributed by atoms with van der Waals surface area (Å²) in [6.07, 6.45) is 0. The van der Waals surface area contributed by atoms with Gasteiger partial charge in [-0.2, -0.15) is 10.1 Å². The molecule has 3 heterocycles. The molecule has 0 N–H and O–H groups in total. The van der Waals surface area contributed by atoms with Gasteiger partial charge in [-0.25, -0.2) is 4.90 Å². The Morgan fingerprint density at radius 3 is 2.53 bits per heavy atom. The van der Waals surface area contributed by atoms with Gasteiger partial charge < -0.3 is 4.52 Å². The minimum Gasteiger partial charge on any atom is -0.337 e. The standard InChI is InChI=1S/C22H19ClN6O3/c1-11-4-6-14(8-13(11)3)20-24-17(32-26-20)10-28-19-18(25-27-28)21(30)29(22(19)31)15-7-5-12(2)16(23)9-15/h4-9,18-19H,10H2,1-3H3/t18-,19-/m1/s1. The molecule has 32 heavy (non-hydrogen) atoms. The SMILES string of the molecule is Cc1ccc(-c2noc(CN3N=N[C@H]4C(=O)N(c5ccc(C)c(Cl)c5)C(=O)[C@@H]43)n2)cc1C. The van der Waals surface area contributed by atoms with Crippen molar-refractivity contribution in [1.82, 2.24) is 15.1 Å². The van der Waals surface area contributed by atoms with Crippen LogP contribution in [0.15, 0.2) is 51.3 Å². The van der Waals surface area contributed by atoms with Crippen LogP contribution < -0.4 is 4.90 Å². The largest absolute Gasteiger partial charge is 0.337 e. The zero-order chi connectivity index (χ0) is 22.6. The predicted octanol–water partition coefficient (Wildman–Crippen LogP) is 3.81. The number of aryl methyl sites for hydroxylation is 3. The van der Waals surface area contributed by atoms with Gasteiger partial charge in [-0.3, -0.25) is 14.6 Å². The van der Waals surface area contributed by atoms with Crippen molar-refractivity contribution in [3.8, 4) is 11.4 Å². The summed E-state index contributed by atoms with van der Waals surface area (Å²) in [6.45, 7) is 5.95. The molecule has 3 aromatic rings. The molecule has 2 aromatic carbocycles. The fourth-order valence-electron chi connectivity index (χ4n) is 3.78. The second-order valence-electron chi connectivity index (χ2n) is 7.95. The highest BCUT2D eigenvalue weighted by Gasteiger charge is 2.55. The van der Waals surface area contributed by atoms with Gasteiger partial charge in [0.25, 0.3) is 11.8 Å². The van der Waals surface area contributed by atoms with E-state index in [1.165, 1.54) is 10.6 Å². The third-order valence-corrected chi connectivity index (χ3v) is 6.21. The molecule has 2 aliphatic rings. The van der Waals surface area contributed by atoms with Gasteiger partial charge in [0.05, 0.1) is 5.69 Å². The molecule has 0 bridgehead atoms. The molecule has 162 valence electrons. The molecular weight excluding hydrogens is 432 g/mol. The highest BCUT2D eigenvalue weighted by atomic mass is 35.5. The number of imide groups is 1. The number of nitrogens with zero attached hydrogens (tertiary/aromatic N) is 6. The molecule has 0 saturated carbocycles. The van der Waals surface area contributed by atoms with Crippen molar-refractivity contribution in [1.29, 1.82) is 0 Å². The van der Waals surface area contributed by atoms with Gasteiger partial charge in [0.15, 0.2) is 12.1 Å². The van der Waals surface area contributed by atoms with E-state index in [2.05, 4.69) is 20.5 Å². The average molecular weight is 451 g/mol. The summed E-state index contributed by atoms with van der Waals surface area (Å²) in [5.41, 5.74) is 4.39. The van der Waals surface area contributed by atoms with Gasteiger partial charge in [-0.15, -0.1) is 0 Å². The summed E-state index contributed by atoms with van der Waals surface area (Å²) < 4.78 is 5.37. The first-order valence-corrected chi connectivity index (χ1v) is 10.4. The summed E-state index contributed by atoms with van der Waals surface area (Å²) in [7, 11) is 0. The summed E-state index contributed by atoms with van der Waals surface area (Å²) in [4.78, 5) is 31.5. The Labute approximate surface area is 188 Å². The molecular formula is C22H19ClN6O3. The van der Waals surface area contributed by atoms with Crippen LogP contribution in [-0.2, 0) is 16.1 Å². The summed E-state index contributed by atoms with van der Waals surface area (Å²) in [6, 6.07) is 9.18. The zero-order valence-electron chi connectivity index (χ0n) is 17.6. The maximum Gasteiger partial charge on any atom is 0.263 e. The number of aromatic nitrogens is 2. The van der Waals surface area contributed by atoms with Gasteiger partial charge in [-0.1, -0.05) is 40.2 Å².